The lowest BCUT2D eigenvalue weighted by molar-refractivity contribution is -0.157. The van der Waals surface area contributed by atoms with Gasteiger partial charge in [-0.15, -0.1) is 12.3 Å². The van der Waals surface area contributed by atoms with Crippen LogP contribution in [0.4, 0.5) is 0 Å². The Morgan fingerprint density at radius 3 is 2.44 bits per heavy atom. The minimum absolute atomic E-state index is 0.387. The summed E-state index contributed by atoms with van der Waals surface area (Å²) in [6.07, 6.45) is 4.31. The molecule has 0 radical (unpaired) electrons. The summed E-state index contributed by atoms with van der Waals surface area (Å²) in [6.45, 7) is 0. The van der Waals surface area contributed by atoms with Crippen LogP contribution >= 0.6 is 0 Å². The normalized spacial score (nSPS) is 15.7. The Hall–Kier alpha value is -1.05. The number of carboxylic acids is 1. The lowest BCUT2D eigenvalue weighted by Crippen LogP contribution is -2.47. The van der Waals surface area contributed by atoms with E-state index in [-0.39, 0.29) is 6.42 Å². The van der Waals surface area contributed by atoms with Gasteiger partial charge in [0.1, 0.15) is 0 Å². The highest BCUT2D eigenvalue weighted by atomic mass is 16.4. The van der Waals surface area contributed by atoms with E-state index in [0.29, 0.717) is 0 Å². The third-order valence-corrected chi connectivity index (χ3v) is 0.742. The number of hydrogen-bond acceptors (Lipinski definition) is 3. The second kappa shape index (κ2) is 2.49. The van der Waals surface area contributed by atoms with Crippen molar-refractivity contribution in [3.05, 3.63) is 0 Å². The summed E-state index contributed by atoms with van der Waals surface area (Å²) in [5.41, 5.74) is 2.51. The lowest BCUT2D eigenvalue weighted by Gasteiger charge is -2.12. The number of carbonyl (C=O) groups is 1. The Kier molecular flexibility index (Phi) is 2.20. The molecule has 9 heavy (non-hydrogen) atoms. The number of terminal acetylenes is 1. The Bertz CT molecular complexity index is 156. The first-order chi connectivity index (χ1) is 4.00. The second-order valence-electron chi connectivity index (χ2n) is 1.61. The molecule has 0 saturated carbocycles. The van der Waals surface area contributed by atoms with Gasteiger partial charge in [-0.1, -0.05) is 0 Å². The van der Waals surface area contributed by atoms with Crippen LogP contribution in [0.15, 0.2) is 0 Å². The average Bonchev–Trinajstić information content (AvgIpc) is 1.65. The number of aliphatic carboxylic acids is 1. The molecule has 4 N–H and O–H groups in total. The zero-order valence-electron chi connectivity index (χ0n) is 4.66. The molecule has 50 valence electrons. The topological polar surface area (TPSA) is 83.5 Å². The lowest BCUT2D eigenvalue weighted by atomic mass is 10.2. The largest absolute Gasteiger partial charge is 0.478 e. The zero-order chi connectivity index (χ0) is 7.49. The van der Waals surface area contributed by atoms with Gasteiger partial charge in [-0.3, -0.25) is 5.73 Å². The molecule has 0 aliphatic rings. The van der Waals surface area contributed by atoms with Gasteiger partial charge in [0.15, 0.2) is 0 Å². The highest BCUT2D eigenvalue weighted by molar-refractivity contribution is 5.76. The maximum Gasteiger partial charge on any atom is 0.352 e. The first-order valence-electron chi connectivity index (χ1n) is 2.19. The molecule has 0 rings (SSSR count). The Balaban J connectivity index is 4.06. The molecular weight excluding hydrogens is 122 g/mol. The van der Waals surface area contributed by atoms with Gasteiger partial charge in [0, 0.05) is 0 Å². The van der Waals surface area contributed by atoms with Crippen LogP contribution in [0.2, 0.25) is 0 Å². The minimum Gasteiger partial charge on any atom is -0.478 e. The van der Waals surface area contributed by atoms with Crippen LogP contribution < -0.4 is 5.73 Å². The van der Waals surface area contributed by atoms with E-state index in [4.69, 9.17) is 22.4 Å². The van der Waals surface area contributed by atoms with Gasteiger partial charge in [0.2, 0.25) is 5.72 Å². The van der Waals surface area contributed by atoms with Crippen molar-refractivity contribution in [2.45, 2.75) is 12.1 Å². The SMILES string of the molecule is C#CCC(N)(O)C(=O)O. The van der Waals surface area contributed by atoms with Gasteiger partial charge in [-0.05, 0) is 0 Å². The van der Waals surface area contributed by atoms with E-state index in [2.05, 4.69) is 0 Å². The summed E-state index contributed by atoms with van der Waals surface area (Å²) in [4.78, 5) is 9.94. The maximum atomic E-state index is 9.94. The summed E-state index contributed by atoms with van der Waals surface area (Å²) in [5.74, 6) is 0.420. The quantitative estimate of drug-likeness (QED) is 0.321. The Morgan fingerprint density at radius 1 is 1.89 bits per heavy atom. The zero-order valence-corrected chi connectivity index (χ0v) is 4.66. The van der Waals surface area contributed by atoms with Crippen molar-refractivity contribution in [1.29, 1.82) is 0 Å². The van der Waals surface area contributed by atoms with Crippen molar-refractivity contribution in [3.63, 3.8) is 0 Å². The molecule has 0 aromatic heterocycles. The first kappa shape index (κ1) is 7.95. The number of aliphatic hydroxyl groups is 1. The predicted octanol–water partition coefficient (Wildman–Crippen LogP) is -1.26. The smallest absolute Gasteiger partial charge is 0.352 e. The van der Waals surface area contributed by atoms with Crippen molar-refractivity contribution >= 4 is 5.97 Å². The monoisotopic (exact) mass is 129 g/mol. The van der Waals surface area contributed by atoms with Crippen LogP contribution in [0.1, 0.15) is 6.42 Å². The molecule has 0 heterocycles. The third-order valence-electron chi connectivity index (χ3n) is 0.742. The summed E-state index contributed by atoms with van der Waals surface area (Å²) >= 11 is 0. The highest BCUT2D eigenvalue weighted by Crippen LogP contribution is 1.98. The van der Waals surface area contributed by atoms with E-state index in [9.17, 15) is 4.79 Å². The molecule has 0 saturated heterocycles. The van der Waals surface area contributed by atoms with E-state index >= 15 is 0 Å². The van der Waals surface area contributed by atoms with Crippen molar-refractivity contribution in [2.75, 3.05) is 0 Å². The molecule has 0 spiro atoms. The molecule has 4 heteroatoms. The average molecular weight is 129 g/mol. The summed E-state index contributed by atoms with van der Waals surface area (Å²) in [5, 5.41) is 16.7. The van der Waals surface area contributed by atoms with Gasteiger partial charge >= 0.3 is 5.97 Å². The highest BCUT2D eigenvalue weighted by Gasteiger charge is 2.29. The van der Waals surface area contributed by atoms with Crippen molar-refractivity contribution in [1.82, 2.24) is 0 Å². The van der Waals surface area contributed by atoms with Gasteiger partial charge in [0.05, 0.1) is 6.42 Å². The standard InChI is InChI=1S/C5H7NO3/c1-2-3-5(6,9)4(7)8/h1,9H,3,6H2,(H,7,8). The molecule has 4 nitrogen and oxygen atoms in total. The molecule has 1 atom stereocenters. The Labute approximate surface area is 52.3 Å². The Morgan fingerprint density at radius 2 is 2.33 bits per heavy atom. The van der Waals surface area contributed by atoms with Crippen molar-refractivity contribution < 1.29 is 15.0 Å². The minimum atomic E-state index is -2.27. The number of carboxylic acid groups (broad SMARTS) is 1. The molecule has 0 amide bonds. The molecule has 0 bridgehead atoms. The first-order valence-corrected chi connectivity index (χ1v) is 2.19. The van der Waals surface area contributed by atoms with Crippen molar-refractivity contribution in [2.24, 2.45) is 5.73 Å². The summed E-state index contributed by atoms with van der Waals surface area (Å²) < 4.78 is 0. The van der Waals surface area contributed by atoms with E-state index in [1.165, 1.54) is 0 Å². The van der Waals surface area contributed by atoms with Crippen LogP contribution in [0.3, 0.4) is 0 Å². The fourth-order valence-corrected chi connectivity index (χ4v) is 0.231. The maximum absolute atomic E-state index is 9.94. The van der Waals surface area contributed by atoms with E-state index in [1.54, 1.807) is 0 Å². The molecule has 0 aliphatic carbocycles. The number of nitrogens with two attached hydrogens (primary N) is 1. The molecule has 0 aromatic carbocycles. The van der Waals surface area contributed by atoms with Crippen LogP contribution in [-0.4, -0.2) is 21.9 Å². The molecule has 0 aromatic rings. The number of hydrogen-bond donors (Lipinski definition) is 3. The fourth-order valence-electron chi connectivity index (χ4n) is 0.231. The van der Waals surface area contributed by atoms with E-state index in [0.717, 1.165) is 0 Å². The molecular formula is C5H7NO3. The molecule has 1 unspecified atom stereocenters. The van der Waals surface area contributed by atoms with Crippen LogP contribution in [0, 0.1) is 12.3 Å². The van der Waals surface area contributed by atoms with Crippen LogP contribution in [0.25, 0.3) is 0 Å². The third kappa shape index (κ3) is 2.13. The van der Waals surface area contributed by atoms with Crippen molar-refractivity contribution in [3.8, 4) is 12.3 Å². The van der Waals surface area contributed by atoms with E-state index in [1.807, 2.05) is 5.92 Å². The summed E-state index contributed by atoms with van der Waals surface area (Å²) in [6, 6.07) is 0. The number of rotatable bonds is 2. The fraction of sp³-hybridized carbons (Fsp3) is 0.400. The molecule has 0 fully saturated rings. The van der Waals surface area contributed by atoms with Gasteiger partial charge < -0.3 is 10.2 Å². The second-order valence-corrected chi connectivity index (χ2v) is 1.61. The van der Waals surface area contributed by atoms with Gasteiger partial charge in [-0.2, -0.15) is 0 Å². The molecule has 0 aliphatic heterocycles. The van der Waals surface area contributed by atoms with Crippen LogP contribution in [-0.2, 0) is 4.79 Å². The van der Waals surface area contributed by atoms with Gasteiger partial charge in [-0.25, -0.2) is 4.79 Å². The van der Waals surface area contributed by atoms with Crippen LogP contribution in [0.5, 0.6) is 0 Å². The summed E-state index contributed by atoms with van der Waals surface area (Å²) in [7, 11) is 0. The van der Waals surface area contributed by atoms with E-state index < -0.39 is 11.7 Å². The van der Waals surface area contributed by atoms with Gasteiger partial charge in [0.25, 0.3) is 0 Å². The predicted molar refractivity (Wildman–Crippen MR) is 30.2 cm³/mol.